The first-order valence-electron chi connectivity index (χ1n) is 5.07. The first-order valence-corrected chi connectivity index (χ1v) is 7.45. The number of hydrogen-bond donors (Lipinski definition) is 1. The van der Waals surface area contributed by atoms with Crippen LogP contribution in [0.15, 0.2) is 37.8 Å². The van der Waals surface area contributed by atoms with Crippen molar-refractivity contribution >= 4 is 70.6 Å². The van der Waals surface area contributed by atoms with Gasteiger partial charge in [0, 0.05) is 8.95 Å². The maximum atomic E-state index is 5.40. The van der Waals surface area contributed by atoms with Gasteiger partial charge in [-0.1, -0.05) is 0 Å². The molecule has 2 aromatic rings. The van der Waals surface area contributed by atoms with Gasteiger partial charge in [0.05, 0.1) is 11.4 Å². The predicted molar refractivity (Wildman–Crippen MR) is 95.8 cm³/mol. The van der Waals surface area contributed by atoms with E-state index in [0.29, 0.717) is 5.82 Å². The van der Waals surface area contributed by atoms with Gasteiger partial charge in [-0.25, -0.2) is 9.97 Å². The minimum atomic E-state index is 0. The maximum absolute atomic E-state index is 5.40. The minimum absolute atomic E-state index is 0. The third-order valence-corrected chi connectivity index (χ3v) is 4.15. The van der Waals surface area contributed by atoms with Crippen LogP contribution in [0.3, 0.4) is 0 Å². The molecule has 0 aliphatic carbocycles. The molecule has 0 unspecified atom stereocenters. The zero-order chi connectivity index (χ0) is 13.7. The van der Waals surface area contributed by atoms with Crippen LogP contribution < -0.4 is 5.73 Å². The molecule has 2 rings (SSSR count). The molecule has 0 spiro atoms. The monoisotopic (exact) mass is 515 g/mol. The van der Waals surface area contributed by atoms with Crippen molar-refractivity contribution in [3.8, 4) is 0 Å². The molecule has 2 heterocycles. The molecular weight excluding hydrogens is 506 g/mol. The molecule has 0 aliphatic heterocycles. The van der Waals surface area contributed by atoms with Crippen molar-refractivity contribution in [2.24, 2.45) is 0 Å². The summed E-state index contributed by atoms with van der Waals surface area (Å²) in [5.41, 5.74) is 7.33. The molecule has 0 saturated heterocycles. The highest BCUT2D eigenvalue weighted by Crippen LogP contribution is 2.16. The fraction of sp³-hybridized carbons (Fsp3) is 0.167. The standard InChI is InChI=1S/C6H5Br2N.C6H7BrN2.BrH/c2*1-4-5(7)2-3-6(8)9-4;/h2-3H,1H3;2-3H,1H3,(H2,8,9);1H. The van der Waals surface area contributed by atoms with Crippen molar-refractivity contribution < 1.29 is 0 Å². The van der Waals surface area contributed by atoms with E-state index in [1.807, 2.05) is 32.0 Å². The fourth-order valence-electron chi connectivity index (χ4n) is 1.08. The summed E-state index contributed by atoms with van der Waals surface area (Å²) in [6.07, 6.45) is 0. The van der Waals surface area contributed by atoms with E-state index in [1.165, 1.54) is 0 Å². The van der Waals surface area contributed by atoms with Gasteiger partial charge in [-0.3, -0.25) is 0 Å². The number of nitrogen functional groups attached to an aromatic ring is 1. The second-order valence-corrected chi connectivity index (χ2v) is 6.03. The van der Waals surface area contributed by atoms with Crippen LogP contribution in [0.2, 0.25) is 0 Å². The summed E-state index contributed by atoms with van der Waals surface area (Å²) in [5, 5.41) is 0. The Morgan fingerprint density at radius 2 is 1.32 bits per heavy atom. The highest BCUT2D eigenvalue weighted by Gasteiger charge is 1.94. The highest BCUT2D eigenvalue weighted by atomic mass is 79.9. The molecule has 7 heteroatoms. The van der Waals surface area contributed by atoms with Crippen LogP contribution in [0.4, 0.5) is 5.82 Å². The highest BCUT2D eigenvalue weighted by molar-refractivity contribution is 9.11. The van der Waals surface area contributed by atoms with Crippen LogP contribution in [0.25, 0.3) is 0 Å². The van der Waals surface area contributed by atoms with Crippen LogP contribution in [0.1, 0.15) is 11.4 Å². The number of rotatable bonds is 0. The van der Waals surface area contributed by atoms with E-state index in [9.17, 15) is 0 Å². The number of nitrogens with zero attached hydrogens (tertiary/aromatic N) is 2. The SMILES string of the molecule is Br.Cc1nc(Br)ccc1Br.Cc1nc(N)ccc1Br. The largest absolute Gasteiger partial charge is 0.384 e. The van der Waals surface area contributed by atoms with Gasteiger partial charge in [0.2, 0.25) is 0 Å². The van der Waals surface area contributed by atoms with Gasteiger partial charge in [0.25, 0.3) is 0 Å². The number of hydrogen-bond acceptors (Lipinski definition) is 3. The molecule has 2 aromatic heterocycles. The Balaban J connectivity index is 0.000000324. The Kier molecular flexibility index (Phi) is 9.06. The van der Waals surface area contributed by atoms with Crippen LogP contribution >= 0.6 is 64.8 Å². The predicted octanol–water partition coefficient (Wildman–Crippen LogP) is 5.23. The summed E-state index contributed by atoms with van der Waals surface area (Å²) < 4.78 is 2.92. The Morgan fingerprint density at radius 1 is 0.842 bits per heavy atom. The number of pyridine rings is 2. The van der Waals surface area contributed by atoms with Gasteiger partial charge in [-0.05, 0) is 85.9 Å². The maximum Gasteiger partial charge on any atom is 0.123 e. The van der Waals surface area contributed by atoms with E-state index in [2.05, 4.69) is 57.8 Å². The van der Waals surface area contributed by atoms with E-state index >= 15 is 0 Å². The summed E-state index contributed by atoms with van der Waals surface area (Å²) in [6, 6.07) is 7.51. The molecule has 0 radical (unpaired) electrons. The molecule has 0 atom stereocenters. The normalized spacial score (nSPS) is 9.11. The topological polar surface area (TPSA) is 51.8 Å². The smallest absolute Gasteiger partial charge is 0.123 e. The Labute approximate surface area is 148 Å². The van der Waals surface area contributed by atoms with Gasteiger partial charge in [0.15, 0.2) is 0 Å². The van der Waals surface area contributed by atoms with Gasteiger partial charge in [0.1, 0.15) is 10.4 Å². The molecular formula is C12H13Br4N3. The van der Waals surface area contributed by atoms with Crippen molar-refractivity contribution in [2.45, 2.75) is 13.8 Å². The number of nitrogens with two attached hydrogens (primary N) is 1. The van der Waals surface area contributed by atoms with Crippen LogP contribution in [-0.4, -0.2) is 9.97 Å². The Hall–Kier alpha value is 0.0200. The summed E-state index contributed by atoms with van der Waals surface area (Å²) in [5.74, 6) is 0.565. The molecule has 0 bridgehead atoms. The van der Waals surface area contributed by atoms with Gasteiger partial charge in [-0.2, -0.15) is 0 Å². The lowest BCUT2D eigenvalue weighted by molar-refractivity contribution is 1.15. The van der Waals surface area contributed by atoms with Gasteiger partial charge in [-0.15, -0.1) is 17.0 Å². The van der Waals surface area contributed by atoms with E-state index in [0.717, 1.165) is 24.9 Å². The first kappa shape index (κ1) is 19.0. The van der Waals surface area contributed by atoms with Crippen molar-refractivity contribution in [2.75, 3.05) is 5.73 Å². The third kappa shape index (κ3) is 6.83. The molecule has 3 nitrogen and oxygen atoms in total. The molecule has 0 amide bonds. The first-order chi connectivity index (χ1) is 8.40. The lowest BCUT2D eigenvalue weighted by atomic mass is 10.4. The number of aromatic nitrogens is 2. The van der Waals surface area contributed by atoms with Crippen molar-refractivity contribution in [1.29, 1.82) is 0 Å². The Bertz CT molecular complexity index is 497. The summed E-state index contributed by atoms with van der Waals surface area (Å²) in [4.78, 5) is 8.15. The van der Waals surface area contributed by atoms with Crippen LogP contribution in [0, 0.1) is 13.8 Å². The second kappa shape index (κ2) is 9.05. The molecule has 0 saturated carbocycles. The van der Waals surface area contributed by atoms with E-state index in [1.54, 1.807) is 6.07 Å². The third-order valence-electron chi connectivity index (χ3n) is 2.03. The minimum Gasteiger partial charge on any atom is -0.384 e. The summed E-state index contributed by atoms with van der Waals surface area (Å²) >= 11 is 9.92. The molecule has 104 valence electrons. The van der Waals surface area contributed by atoms with Crippen LogP contribution in [0.5, 0.6) is 0 Å². The van der Waals surface area contributed by atoms with E-state index < -0.39 is 0 Å². The average molecular weight is 519 g/mol. The number of anilines is 1. The molecule has 0 aromatic carbocycles. The average Bonchev–Trinajstić information content (AvgIpc) is 2.30. The number of aryl methyl sites for hydroxylation is 2. The van der Waals surface area contributed by atoms with E-state index in [4.69, 9.17) is 5.73 Å². The van der Waals surface area contributed by atoms with Crippen molar-refractivity contribution in [3.05, 3.63) is 49.2 Å². The summed E-state index contributed by atoms with van der Waals surface area (Å²) in [7, 11) is 0. The van der Waals surface area contributed by atoms with Gasteiger partial charge < -0.3 is 5.73 Å². The summed E-state index contributed by atoms with van der Waals surface area (Å²) in [6.45, 7) is 3.86. The lowest BCUT2D eigenvalue weighted by Gasteiger charge is -1.95. The van der Waals surface area contributed by atoms with Crippen molar-refractivity contribution in [3.63, 3.8) is 0 Å². The Morgan fingerprint density at radius 3 is 1.68 bits per heavy atom. The van der Waals surface area contributed by atoms with E-state index in [-0.39, 0.29) is 17.0 Å². The zero-order valence-corrected chi connectivity index (χ0v) is 16.8. The fourth-order valence-corrected chi connectivity index (χ4v) is 1.92. The zero-order valence-electron chi connectivity index (χ0n) is 10.3. The lowest BCUT2D eigenvalue weighted by Crippen LogP contribution is -1.91. The molecule has 19 heavy (non-hydrogen) atoms. The van der Waals surface area contributed by atoms with Gasteiger partial charge >= 0.3 is 0 Å². The molecule has 2 N–H and O–H groups in total. The quantitative estimate of drug-likeness (QED) is 0.486. The molecule has 0 aliphatic rings. The number of halogens is 4. The second-order valence-electron chi connectivity index (χ2n) is 3.50. The van der Waals surface area contributed by atoms with Crippen molar-refractivity contribution in [1.82, 2.24) is 9.97 Å². The van der Waals surface area contributed by atoms with Crippen LogP contribution in [-0.2, 0) is 0 Å². The molecule has 0 fully saturated rings.